The van der Waals surface area contributed by atoms with Crippen molar-refractivity contribution in [1.82, 2.24) is 24.8 Å². The number of nitrogens with zero attached hydrogens (tertiary/aromatic N) is 5. The number of aliphatic hydroxyl groups is 6. The van der Waals surface area contributed by atoms with Crippen LogP contribution in [0.2, 0.25) is 0 Å². The van der Waals surface area contributed by atoms with Crippen molar-refractivity contribution in [3.05, 3.63) is 47.5 Å². The first kappa shape index (κ1) is 57.1. The number of rotatable bonds is 14. The van der Waals surface area contributed by atoms with E-state index in [9.17, 15) is 39.8 Å². The fourth-order valence-electron chi connectivity index (χ4n) is 10.9. The molecule has 1 aromatic heterocycles. The summed E-state index contributed by atoms with van der Waals surface area (Å²) in [7, 11) is 5.22. The maximum atomic E-state index is 14.5. The topological polar surface area (TPSA) is 231 Å². The zero-order valence-corrected chi connectivity index (χ0v) is 43.1. The van der Waals surface area contributed by atoms with E-state index in [2.05, 4.69) is 10.3 Å². The summed E-state index contributed by atoms with van der Waals surface area (Å²) < 4.78 is 53.3. The summed E-state index contributed by atoms with van der Waals surface area (Å²) in [6.45, 7) is 18.1. The van der Waals surface area contributed by atoms with Gasteiger partial charge in [0.2, 0.25) is 0 Å². The van der Waals surface area contributed by atoms with Gasteiger partial charge in [-0.2, -0.15) is 0 Å². The van der Waals surface area contributed by atoms with E-state index in [-0.39, 0.29) is 43.7 Å². The summed E-state index contributed by atoms with van der Waals surface area (Å²) >= 11 is 0. The van der Waals surface area contributed by atoms with E-state index in [1.807, 2.05) is 37.7 Å². The number of cyclic esters (lactones) is 1. The van der Waals surface area contributed by atoms with Gasteiger partial charge in [0.15, 0.2) is 12.6 Å². The highest BCUT2D eigenvalue weighted by atomic mass is 19.1. The second kappa shape index (κ2) is 23.9. The molecule has 0 spiro atoms. The third-order valence-electron chi connectivity index (χ3n) is 15.4. The van der Waals surface area contributed by atoms with E-state index in [4.69, 9.17) is 28.4 Å². The smallest absolute Gasteiger partial charge is 0.311 e. The molecule has 0 saturated carbocycles. The summed E-state index contributed by atoms with van der Waals surface area (Å²) in [4.78, 5) is 18.4. The predicted molar refractivity (Wildman–Crippen MR) is 253 cm³/mol. The summed E-state index contributed by atoms with van der Waals surface area (Å²) in [5.74, 6) is -3.18. The van der Waals surface area contributed by atoms with Crippen LogP contribution in [0.15, 0.2) is 30.5 Å². The molecule has 394 valence electrons. The Morgan fingerprint density at radius 1 is 0.986 bits per heavy atom. The molecular weight excluding hydrogens is 898 g/mol. The average Bonchev–Trinajstić information content (AvgIpc) is 3.77. The number of benzene rings is 1. The molecule has 3 aliphatic rings. The number of aromatic nitrogens is 3. The first-order chi connectivity index (χ1) is 32.3. The van der Waals surface area contributed by atoms with Gasteiger partial charge in [-0.25, -0.2) is 9.07 Å². The first-order valence-electron chi connectivity index (χ1n) is 24.8. The van der Waals surface area contributed by atoms with Crippen LogP contribution in [0.5, 0.6) is 0 Å². The van der Waals surface area contributed by atoms with Crippen LogP contribution in [0, 0.1) is 23.6 Å². The van der Waals surface area contributed by atoms with Crippen molar-refractivity contribution in [2.75, 3.05) is 40.9 Å². The monoisotopic (exact) mass is 982 g/mol. The number of hydrogen-bond acceptors (Lipinski definition) is 17. The molecule has 1 aromatic carbocycles. The molecule has 6 N–H and O–H groups in total. The van der Waals surface area contributed by atoms with Gasteiger partial charge in [-0.05, 0) is 112 Å². The number of likely N-dealkylation sites (N-methyl/N-ethyl adjacent to an activating group) is 2. The SMILES string of the molecule is CC[C@H]1OC(=O)[C@H](C)[C@@H](O[C@H]2C[C@@](C)(OC)[C@@H](O)[C@H](C)O2)[C@H](C)[C@@H](O[C@@H]2O[C@H](C)C[C@H](N(C)CCc3cn([C@H](CO)Cc4ccc(F)cc4)nn3)[C@H]2O)[C@](C)(O)C[C@@H](C)CN(C)[C@H](C)[C@@H](O)[C@]1(C)O. The standard InChI is InChI=1S/C50H84FN5O13/c1-14-39-50(10,63)43(59)32(6)55(12)25-28(2)23-48(8,62)45(30(4)42(31(5)46(61)67-39)68-40-24-49(9,64-13)44(60)33(7)66-40)69-47-41(58)38(21-29(3)65-47)54(11)20-19-36-26-56(53-52-36)37(27-57)22-34-15-17-35(51)18-16-34/h15-18,26,28-33,37-45,47,57-60,62-63H,14,19-25,27H2,1-13H3/t28-,29-,30+,31-,32-,33+,37+,38+,39-,40+,41-,42+,43-,44+,45-,47+,48-,49-,50-/m1/s1. The van der Waals surface area contributed by atoms with Crippen molar-refractivity contribution in [2.45, 2.75) is 204 Å². The summed E-state index contributed by atoms with van der Waals surface area (Å²) in [6.07, 6.45) is -6.63. The zero-order chi connectivity index (χ0) is 51.3. The molecule has 3 aliphatic heterocycles. The Balaban J connectivity index is 1.45. The van der Waals surface area contributed by atoms with Crippen molar-refractivity contribution < 1.29 is 68.2 Å². The molecule has 2 aromatic rings. The molecule has 4 heterocycles. The van der Waals surface area contributed by atoms with Gasteiger partial charge in [-0.15, -0.1) is 5.10 Å². The van der Waals surface area contributed by atoms with Crippen LogP contribution in [-0.2, 0) is 46.1 Å². The highest BCUT2D eigenvalue weighted by molar-refractivity contribution is 5.73. The highest BCUT2D eigenvalue weighted by Crippen LogP contribution is 2.40. The van der Waals surface area contributed by atoms with Crippen LogP contribution < -0.4 is 0 Å². The van der Waals surface area contributed by atoms with Crippen molar-refractivity contribution in [3.63, 3.8) is 0 Å². The predicted octanol–water partition coefficient (Wildman–Crippen LogP) is 3.02. The van der Waals surface area contributed by atoms with E-state index in [0.717, 1.165) is 5.56 Å². The largest absolute Gasteiger partial charge is 0.459 e. The van der Waals surface area contributed by atoms with Crippen LogP contribution in [0.25, 0.3) is 0 Å². The zero-order valence-electron chi connectivity index (χ0n) is 43.1. The van der Waals surface area contributed by atoms with Crippen LogP contribution >= 0.6 is 0 Å². The third kappa shape index (κ3) is 13.7. The van der Waals surface area contributed by atoms with E-state index in [0.29, 0.717) is 38.0 Å². The Morgan fingerprint density at radius 2 is 1.65 bits per heavy atom. The lowest BCUT2D eigenvalue weighted by Crippen LogP contribution is -2.61. The summed E-state index contributed by atoms with van der Waals surface area (Å²) in [5, 5.41) is 78.4. The lowest BCUT2D eigenvalue weighted by atomic mass is 9.77. The minimum atomic E-state index is -1.85. The number of hydrogen-bond donors (Lipinski definition) is 6. The van der Waals surface area contributed by atoms with Crippen molar-refractivity contribution >= 4 is 5.97 Å². The second-order valence-corrected chi connectivity index (χ2v) is 21.3. The van der Waals surface area contributed by atoms with Crippen molar-refractivity contribution in [1.29, 1.82) is 0 Å². The van der Waals surface area contributed by atoms with Gasteiger partial charge < -0.3 is 68.9 Å². The fourth-order valence-corrected chi connectivity index (χ4v) is 10.9. The molecule has 3 fully saturated rings. The number of aliphatic hydroxyl groups excluding tert-OH is 4. The molecule has 0 unspecified atom stereocenters. The van der Waals surface area contributed by atoms with E-state index in [1.54, 1.807) is 71.5 Å². The second-order valence-electron chi connectivity index (χ2n) is 21.3. The number of carbonyl (C=O) groups is 1. The molecule has 0 amide bonds. The van der Waals surface area contributed by atoms with Crippen LogP contribution in [0.1, 0.15) is 112 Å². The quantitative estimate of drug-likeness (QED) is 0.150. The molecule has 19 heteroatoms. The molecule has 0 bridgehead atoms. The van der Waals surface area contributed by atoms with Crippen LogP contribution in [-0.4, -0.2) is 193 Å². The Hall–Kier alpha value is -2.76. The van der Waals surface area contributed by atoms with Crippen molar-refractivity contribution in [2.24, 2.45) is 17.8 Å². The van der Waals surface area contributed by atoms with E-state index in [1.165, 1.54) is 26.2 Å². The van der Waals surface area contributed by atoms with Gasteiger partial charge in [0.25, 0.3) is 0 Å². The number of methoxy groups -OCH3 is 1. The van der Waals surface area contributed by atoms with Gasteiger partial charge in [-0.3, -0.25) is 4.79 Å². The molecule has 19 atom stereocenters. The van der Waals surface area contributed by atoms with Crippen molar-refractivity contribution in [3.8, 4) is 0 Å². The first-order valence-corrected chi connectivity index (χ1v) is 24.8. The lowest BCUT2D eigenvalue weighted by molar-refractivity contribution is -0.318. The normalized spacial score (nSPS) is 40.8. The highest BCUT2D eigenvalue weighted by Gasteiger charge is 2.53. The molecule has 18 nitrogen and oxygen atoms in total. The number of ether oxygens (including phenoxy) is 6. The summed E-state index contributed by atoms with van der Waals surface area (Å²) in [6, 6.07) is 4.66. The Morgan fingerprint density at radius 3 is 2.28 bits per heavy atom. The third-order valence-corrected chi connectivity index (χ3v) is 15.4. The summed E-state index contributed by atoms with van der Waals surface area (Å²) in [5.41, 5.74) is -3.04. The Kier molecular flexibility index (Phi) is 19.8. The van der Waals surface area contributed by atoms with Gasteiger partial charge >= 0.3 is 5.97 Å². The number of carbonyl (C=O) groups excluding carboxylic acids is 1. The lowest BCUT2D eigenvalue weighted by Gasteiger charge is -2.49. The molecule has 5 rings (SSSR count). The molecule has 69 heavy (non-hydrogen) atoms. The van der Waals surface area contributed by atoms with Gasteiger partial charge in [0.05, 0.1) is 59.9 Å². The maximum absolute atomic E-state index is 14.5. The molecular formula is C50H84FN5O13. The molecule has 0 radical (unpaired) electrons. The minimum absolute atomic E-state index is 0.0892. The number of halogens is 1. The minimum Gasteiger partial charge on any atom is -0.459 e. The van der Waals surface area contributed by atoms with E-state index >= 15 is 0 Å². The molecule has 0 aliphatic carbocycles. The Bertz CT molecular complexity index is 1910. The average molecular weight is 982 g/mol. The maximum Gasteiger partial charge on any atom is 0.311 e. The van der Waals surface area contributed by atoms with Crippen LogP contribution in [0.4, 0.5) is 4.39 Å². The fraction of sp³-hybridized carbons (Fsp3) is 0.820. The molecule has 3 saturated heterocycles. The number of esters is 1. The Labute approximate surface area is 408 Å². The van der Waals surface area contributed by atoms with Crippen LogP contribution in [0.3, 0.4) is 0 Å². The van der Waals surface area contributed by atoms with E-state index < -0.39 is 108 Å². The van der Waals surface area contributed by atoms with Gasteiger partial charge in [0, 0.05) is 57.2 Å². The van der Waals surface area contributed by atoms with Gasteiger partial charge in [-0.1, -0.05) is 38.1 Å². The van der Waals surface area contributed by atoms with Gasteiger partial charge in [0.1, 0.15) is 35.8 Å².